The van der Waals surface area contributed by atoms with Crippen molar-refractivity contribution in [3.8, 4) is 0 Å². The summed E-state index contributed by atoms with van der Waals surface area (Å²) in [5.41, 5.74) is 0. The minimum atomic E-state index is 1.07. The molecule has 0 saturated carbocycles. The Morgan fingerprint density at radius 1 is 0.714 bits per heavy atom. The van der Waals surface area contributed by atoms with Crippen molar-refractivity contribution in [3.63, 3.8) is 0 Å². The quantitative estimate of drug-likeness (QED) is 0.706. The first-order valence-electron chi connectivity index (χ1n) is 4.05. The zero-order chi connectivity index (χ0) is 10.2. The van der Waals surface area contributed by atoms with Crippen LogP contribution < -0.4 is 0 Å². The van der Waals surface area contributed by atoms with E-state index in [0.717, 1.165) is 8.95 Å². The maximum absolute atomic E-state index is 3.82. The van der Waals surface area contributed by atoms with Gasteiger partial charge < -0.3 is 0 Å². The number of hydrogen-bond donors (Lipinski definition) is 0. The number of aromatic nitrogens is 1. The summed E-state index contributed by atoms with van der Waals surface area (Å²) < 4.78 is 2.21. The summed E-state index contributed by atoms with van der Waals surface area (Å²) in [5.74, 6) is 0. The number of nitrogens with zero attached hydrogens (tertiary/aromatic N) is 1. The smallest absolute Gasteiger partial charge is 0.0279 e. The van der Waals surface area contributed by atoms with Crippen molar-refractivity contribution >= 4 is 31.9 Å². The molecule has 0 amide bonds. The summed E-state index contributed by atoms with van der Waals surface area (Å²) in [6.07, 6.45) is 3.48. The second-order valence-corrected chi connectivity index (χ2v) is 4.29. The van der Waals surface area contributed by atoms with Gasteiger partial charge >= 0.3 is 0 Å². The molecule has 0 unspecified atom stereocenters. The van der Waals surface area contributed by atoms with Crippen molar-refractivity contribution in [2.45, 2.75) is 0 Å². The van der Waals surface area contributed by atoms with Crippen LogP contribution >= 0.6 is 31.9 Å². The summed E-state index contributed by atoms with van der Waals surface area (Å²) in [6, 6.07) is 13.7. The molecule has 2 rings (SSSR count). The predicted octanol–water partition coefficient (Wildman–Crippen LogP) is 4.29. The molecule has 1 aromatic carbocycles. The standard InChI is InChI=1S/C6H5Br.C5H4BrN/c7-6-4-2-1-3-5-6;6-5-1-3-7-4-2-5/h1-5H;1-4H. The molecule has 0 radical (unpaired) electrons. The van der Waals surface area contributed by atoms with Crippen molar-refractivity contribution in [1.29, 1.82) is 0 Å². The van der Waals surface area contributed by atoms with E-state index in [0.29, 0.717) is 0 Å². The number of pyridine rings is 1. The molecule has 0 aliphatic rings. The van der Waals surface area contributed by atoms with E-state index in [2.05, 4.69) is 36.8 Å². The third kappa shape index (κ3) is 5.14. The van der Waals surface area contributed by atoms with Gasteiger partial charge in [0, 0.05) is 21.3 Å². The van der Waals surface area contributed by atoms with Gasteiger partial charge in [0.15, 0.2) is 0 Å². The van der Waals surface area contributed by atoms with E-state index in [1.165, 1.54) is 0 Å². The van der Waals surface area contributed by atoms with Crippen LogP contribution in [-0.4, -0.2) is 4.98 Å². The van der Waals surface area contributed by atoms with Gasteiger partial charge in [-0.25, -0.2) is 0 Å². The molecule has 0 atom stereocenters. The molecule has 0 bridgehead atoms. The normalized spacial score (nSPS) is 8.71. The lowest BCUT2D eigenvalue weighted by molar-refractivity contribution is 1.32. The van der Waals surface area contributed by atoms with Crippen molar-refractivity contribution in [2.24, 2.45) is 0 Å². The zero-order valence-corrected chi connectivity index (χ0v) is 10.6. The van der Waals surface area contributed by atoms with Gasteiger partial charge in [-0.15, -0.1) is 0 Å². The summed E-state index contributed by atoms with van der Waals surface area (Å²) in [6.45, 7) is 0. The van der Waals surface area contributed by atoms with Crippen molar-refractivity contribution in [2.75, 3.05) is 0 Å². The van der Waals surface area contributed by atoms with Crippen molar-refractivity contribution < 1.29 is 0 Å². The van der Waals surface area contributed by atoms with Gasteiger partial charge in [0.05, 0.1) is 0 Å². The Morgan fingerprint density at radius 2 is 1.21 bits per heavy atom. The number of rotatable bonds is 0. The van der Waals surface area contributed by atoms with Crippen LogP contribution in [0.4, 0.5) is 0 Å². The molecule has 2 aromatic rings. The molecule has 14 heavy (non-hydrogen) atoms. The molecular weight excluding hydrogens is 306 g/mol. The second kappa shape index (κ2) is 6.74. The Hall–Kier alpha value is -0.670. The van der Waals surface area contributed by atoms with E-state index in [1.807, 2.05) is 42.5 Å². The van der Waals surface area contributed by atoms with E-state index in [-0.39, 0.29) is 0 Å². The first kappa shape index (κ1) is 11.4. The Morgan fingerprint density at radius 3 is 1.50 bits per heavy atom. The lowest BCUT2D eigenvalue weighted by Crippen LogP contribution is -1.63. The largest absolute Gasteiger partial charge is 0.265 e. The molecule has 1 heterocycles. The van der Waals surface area contributed by atoms with Crippen LogP contribution in [-0.2, 0) is 0 Å². The molecule has 0 aliphatic carbocycles. The van der Waals surface area contributed by atoms with Gasteiger partial charge in [0.2, 0.25) is 0 Å². The molecule has 72 valence electrons. The van der Waals surface area contributed by atoms with Gasteiger partial charge in [-0.2, -0.15) is 0 Å². The van der Waals surface area contributed by atoms with E-state index in [9.17, 15) is 0 Å². The Labute approximate surface area is 100 Å². The maximum atomic E-state index is 3.82. The number of halogens is 2. The first-order chi connectivity index (χ1) is 6.79. The Kier molecular flexibility index (Phi) is 5.49. The fourth-order valence-electron chi connectivity index (χ4n) is 0.748. The molecule has 1 aromatic heterocycles. The topological polar surface area (TPSA) is 12.9 Å². The lowest BCUT2D eigenvalue weighted by Gasteiger charge is -1.80. The molecule has 0 aliphatic heterocycles. The first-order valence-corrected chi connectivity index (χ1v) is 5.64. The van der Waals surface area contributed by atoms with Gasteiger partial charge in [-0.3, -0.25) is 4.98 Å². The van der Waals surface area contributed by atoms with Crippen molar-refractivity contribution in [3.05, 3.63) is 63.8 Å². The molecule has 0 fully saturated rings. The van der Waals surface area contributed by atoms with Crippen LogP contribution in [0.1, 0.15) is 0 Å². The third-order valence-corrected chi connectivity index (χ3v) is 2.43. The van der Waals surface area contributed by atoms with Gasteiger partial charge in [-0.1, -0.05) is 50.1 Å². The highest BCUT2D eigenvalue weighted by Gasteiger charge is 1.75. The lowest BCUT2D eigenvalue weighted by atomic mass is 10.4. The van der Waals surface area contributed by atoms with Crippen LogP contribution in [0.2, 0.25) is 0 Å². The maximum Gasteiger partial charge on any atom is 0.0279 e. The minimum absolute atomic E-state index is 1.07. The highest BCUT2D eigenvalue weighted by atomic mass is 79.9. The Balaban J connectivity index is 0.000000140. The summed E-state index contributed by atoms with van der Waals surface area (Å²) in [7, 11) is 0. The fourth-order valence-corrected chi connectivity index (χ4v) is 1.29. The zero-order valence-electron chi connectivity index (χ0n) is 7.40. The van der Waals surface area contributed by atoms with Crippen molar-refractivity contribution in [1.82, 2.24) is 4.98 Å². The monoisotopic (exact) mass is 313 g/mol. The molecular formula is C11H9Br2N. The van der Waals surface area contributed by atoms with E-state index >= 15 is 0 Å². The summed E-state index contributed by atoms with van der Waals surface area (Å²) in [4.78, 5) is 3.82. The average Bonchev–Trinajstić information content (AvgIpc) is 2.21. The van der Waals surface area contributed by atoms with Gasteiger partial charge in [0.1, 0.15) is 0 Å². The highest BCUT2D eigenvalue weighted by molar-refractivity contribution is 9.10. The van der Waals surface area contributed by atoms with Crippen LogP contribution in [0.3, 0.4) is 0 Å². The molecule has 3 heteroatoms. The molecule has 0 saturated heterocycles. The molecule has 0 N–H and O–H groups in total. The van der Waals surface area contributed by atoms with Gasteiger partial charge in [-0.05, 0) is 24.3 Å². The van der Waals surface area contributed by atoms with Crippen LogP contribution in [0.15, 0.2) is 63.8 Å². The van der Waals surface area contributed by atoms with Crippen LogP contribution in [0, 0.1) is 0 Å². The Bertz CT molecular complexity index is 311. The van der Waals surface area contributed by atoms with Gasteiger partial charge in [0.25, 0.3) is 0 Å². The summed E-state index contributed by atoms with van der Waals surface area (Å²) in [5, 5.41) is 0. The number of benzene rings is 1. The van der Waals surface area contributed by atoms with E-state index in [4.69, 9.17) is 0 Å². The van der Waals surface area contributed by atoms with E-state index < -0.39 is 0 Å². The molecule has 1 nitrogen and oxygen atoms in total. The SMILES string of the molecule is Brc1ccccc1.Brc1ccncc1. The van der Waals surface area contributed by atoms with Crippen LogP contribution in [0.25, 0.3) is 0 Å². The number of hydrogen-bond acceptors (Lipinski definition) is 1. The fraction of sp³-hybridized carbons (Fsp3) is 0. The van der Waals surface area contributed by atoms with E-state index in [1.54, 1.807) is 12.4 Å². The predicted molar refractivity (Wildman–Crippen MR) is 66.1 cm³/mol. The minimum Gasteiger partial charge on any atom is -0.265 e. The van der Waals surface area contributed by atoms with Crippen LogP contribution in [0.5, 0.6) is 0 Å². The second-order valence-electron chi connectivity index (χ2n) is 2.46. The average molecular weight is 315 g/mol. The third-order valence-electron chi connectivity index (χ3n) is 1.37. The highest BCUT2D eigenvalue weighted by Crippen LogP contribution is 2.05. The molecule has 0 spiro atoms. The summed E-state index contributed by atoms with van der Waals surface area (Å²) >= 11 is 6.58.